The molecule has 150 valence electrons. The molecule has 0 aromatic heterocycles. The first kappa shape index (κ1) is 19.9. The molecule has 0 atom stereocenters. The Morgan fingerprint density at radius 2 is 1.57 bits per heavy atom. The van der Waals surface area contributed by atoms with Crippen molar-refractivity contribution in [2.24, 2.45) is 0 Å². The van der Waals surface area contributed by atoms with Crippen molar-refractivity contribution in [3.05, 3.63) is 106 Å². The molecule has 0 saturated heterocycles. The molecule has 3 aromatic carbocycles. The van der Waals surface area contributed by atoms with Crippen molar-refractivity contribution in [2.75, 3.05) is 5.32 Å². The zero-order valence-electron chi connectivity index (χ0n) is 16.2. The molecule has 1 N–H and O–H groups in total. The molecule has 3 aromatic rings. The molecular weight excluding hydrogens is 403 g/mol. The fourth-order valence-corrected chi connectivity index (χ4v) is 3.49. The number of anilines is 1. The third-order valence-corrected chi connectivity index (χ3v) is 5.28. The Labute approximate surface area is 178 Å². The van der Waals surface area contributed by atoms with Gasteiger partial charge >= 0.3 is 0 Å². The van der Waals surface area contributed by atoms with Crippen molar-refractivity contribution in [3.63, 3.8) is 0 Å². The Bertz CT molecular complexity index is 1150. The normalized spacial score (nSPS) is 13.9. The van der Waals surface area contributed by atoms with Gasteiger partial charge in [0.2, 0.25) is 0 Å². The number of carbonyl (C=O) groups excluding carboxylic acids is 2. The Morgan fingerprint density at radius 1 is 0.900 bits per heavy atom. The predicted molar refractivity (Wildman–Crippen MR) is 115 cm³/mol. The summed E-state index contributed by atoms with van der Waals surface area (Å²) in [5, 5.41) is 3.49. The van der Waals surface area contributed by atoms with Crippen LogP contribution >= 0.6 is 11.6 Å². The molecule has 0 unspecified atom stereocenters. The van der Waals surface area contributed by atoms with Crippen LogP contribution in [-0.2, 0) is 16.1 Å². The van der Waals surface area contributed by atoms with Crippen LogP contribution in [0.3, 0.4) is 0 Å². The number of imide groups is 1. The lowest BCUT2D eigenvalue weighted by atomic mass is 10.0. The lowest BCUT2D eigenvalue weighted by molar-refractivity contribution is -0.137. The van der Waals surface area contributed by atoms with Crippen LogP contribution in [0.25, 0.3) is 5.57 Å². The summed E-state index contributed by atoms with van der Waals surface area (Å²) >= 11 is 6.24. The van der Waals surface area contributed by atoms with Gasteiger partial charge in [-0.15, -0.1) is 0 Å². The van der Waals surface area contributed by atoms with Crippen molar-refractivity contribution in [3.8, 4) is 0 Å². The van der Waals surface area contributed by atoms with E-state index in [9.17, 15) is 14.0 Å². The smallest absolute Gasteiger partial charge is 0.278 e. The molecule has 2 amide bonds. The second kappa shape index (κ2) is 8.13. The molecule has 0 spiro atoms. The highest BCUT2D eigenvalue weighted by Crippen LogP contribution is 2.32. The van der Waals surface area contributed by atoms with Crippen molar-refractivity contribution in [1.82, 2.24) is 4.90 Å². The van der Waals surface area contributed by atoms with Gasteiger partial charge in [-0.25, -0.2) is 4.39 Å². The molecule has 4 rings (SSSR count). The summed E-state index contributed by atoms with van der Waals surface area (Å²) in [5.74, 6) is -1.25. The lowest BCUT2D eigenvalue weighted by Crippen LogP contribution is -2.32. The molecule has 0 bridgehead atoms. The largest absolute Gasteiger partial charge is 0.350 e. The number of nitrogens with zero attached hydrogens (tertiary/aromatic N) is 1. The first-order valence-electron chi connectivity index (χ1n) is 9.37. The van der Waals surface area contributed by atoms with Crippen LogP contribution in [0.15, 0.2) is 78.5 Å². The third kappa shape index (κ3) is 3.84. The molecule has 30 heavy (non-hydrogen) atoms. The van der Waals surface area contributed by atoms with Crippen molar-refractivity contribution in [2.45, 2.75) is 13.5 Å². The van der Waals surface area contributed by atoms with E-state index in [1.165, 1.54) is 29.2 Å². The molecule has 1 heterocycles. The summed E-state index contributed by atoms with van der Waals surface area (Å²) < 4.78 is 13.3. The number of halogens is 2. The Morgan fingerprint density at radius 3 is 2.23 bits per heavy atom. The Kier molecular flexibility index (Phi) is 5.38. The molecule has 0 saturated carbocycles. The van der Waals surface area contributed by atoms with Gasteiger partial charge in [0.15, 0.2) is 0 Å². The van der Waals surface area contributed by atoms with Crippen LogP contribution in [0.4, 0.5) is 10.1 Å². The number of nitrogens with one attached hydrogen (secondary N) is 1. The SMILES string of the molecule is Cc1ccc(C2=C(Nc3ccc(F)cc3)C(=O)N(Cc3ccccc3Cl)C2=O)cc1. The first-order chi connectivity index (χ1) is 14.4. The second-order valence-corrected chi connectivity index (χ2v) is 7.44. The number of rotatable bonds is 5. The van der Waals surface area contributed by atoms with Gasteiger partial charge < -0.3 is 5.32 Å². The number of benzene rings is 3. The van der Waals surface area contributed by atoms with Crippen LogP contribution < -0.4 is 5.32 Å². The van der Waals surface area contributed by atoms with Gasteiger partial charge in [-0.3, -0.25) is 14.5 Å². The fraction of sp³-hybridized carbons (Fsp3) is 0.0833. The maximum atomic E-state index is 13.3. The molecule has 1 aliphatic rings. The fourth-order valence-electron chi connectivity index (χ4n) is 3.30. The van der Waals surface area contributed by atoms with E-state index in [2.05, 4.69) is 5.32 Å². The summed E-state index contributed by atoms with van der Waals surface area (Å²) in [7, 11) is 0. The van der Waals surface area contributed by atoms with E-state index in [1.807, 2.05) is 19.1 Å². The summed E-state index contributed by atoms with van der Waals surface area (Å²) in [4.78, 5) is 27.7. The van der Waals surface area contributed by atoms with E-state index >= 15 is 0 Å². The lowest BCUT2D eigenvalue weighted by Gasteiger charge is -2.16. The van der Waals surface area contributed by atoms with Crippen molar-refractivity contribution < 1.29 is 14.0 Å². The minimum Gasteiger partial charge on any atom is -0.350 e. The van der Waals surface area contributed by atoms with Crippen molar-refractivity contribution >= 4 is 34.7 Å². The molecule has 1 aliphatic heterocycles. The van der Waals surface area contributed by atoms with Gasteiger partial charge in [0.25, 0.3) is 11.8 Å². The predicted octanol–water partition coefficient (Wildman–Crippen LogP) is 5.18. The summed E-state index contributed by atoms with van der Waals surface area (Å²) in [6.07, 6.45) is 0. The molecular formula is C24H18ClFN2O2. The first-order valence-corrected chi connectivity index (χ1v) is 9.75. The number of carbonyl (C=O) groups is 2. The molecule has 6 heteroatoms. The minimum absolute atomic E-state index is 0.0568. The van der Waals surface area contributed by atoms with Gasteiger partial charge in [0.1, 0.15) is 11.5 Å². The minimum atomic E-state index is -0.459. The van der Waals surface area contributed by atoms with Gasteiger partial charge in [-0.1, -0.05) is 59.6 Å². The zero-order valence-corrected chi connectivity index (χ0v) is 16.9. The summed E-state index contributed by atoms with van der Waals surface area (Å²) in [6.45, 7) is 2.00. The van der Waals surface area contributed by atoms with Crippen LogP contribution in [-0.4, -0.2) is 16.7 Å². The molecule has 0 radical (unpaired) electrons. The Hall–Kier alpha value is -3.44. The zero-order chi connectivity index (χ0) is 21.3. The quantitative estimate of drug-likeness (QED) is 0.578. The summed E-state index contributed by atoms with van der Waals surface area (Å²) in [5.41, 5.74) is 3.28. The van der Waals surface area contributed by atoms with Gasteiger partial charge in [0.05, 0.1) is 12.1 Å². The van der Waals surface area contributed by atoms with Gasteiger partial charge in [-0.05, 0) is 48.4 Å². The van der Waals surface area contributed by atoms with E-state index in [-0.39, 0.29) is 23.6 Å². The van der Waals surface area contributed by atoms with Gasteiger partial charge in [-0.2, -0.15) is 0 Å². The highest BCUT2D eigenvalue weighted by Gasteiger charge is 2.39. The Balaban J connectivity index is 1.74. The standard InChI is InChI=1S/C24H18ClFN2O2/c1-15-6-8-16(9-7-15)21-22(27-19-12-10-18(26)11-13-19)24(30)28(23(21)29)14-17-4-2-3-5-20(17)25/h2-13,27H,14H2,1H3. The topological polar surface area (TPSA) is 49.4 Å². The van der Waals surface area contributed by atoms with Crippen molar-refractivity contribution in [1.29, 1.82) is 0 Å². The second-order valence-electron chi connectivity index (χ2n) is 7.04. The highest BCUT2D eigenvalue weighted by molar-refractivity contribution is 6.36. The van der Waals surface area contributed by atoms with E-state index < -0.39 is 11.8 Å². The van der Waals surface area contributed by atoms with Crippen LogP contribution in [0.1, 0.15) is 16.7 Å². The molecule has 0 aliphatic carbocycles. The molecule has 0 fully saturated rings. The number of hydrogen-bond acceptors (Lipinski definition) is 3. The molecule has 4 nitrogen and oxygen atoms in total. The van der Waals surface area contributed by atoms with E-state index in [0.29, 0.717) is 21.8 Å². The average Bonchev–Trinajstić information content (AvgIpc) is 2.96. The monoisotopic (exact) mass is 420 g/mol. The number of aryl methyl sites for hydroxylation is 1. The van der Waals surface area contributed by atoms with E-state index in [0.717, 1.165) is 5.56 Å². The number of amides is 2. The van der Waals surface area contributed by atoms with E-state index in [4.69, 9.17) is 11.6 Å². The van der Waals surface area contributed by atoms with E-state index in [1.54, 1.807) is 36.4 Å². The van der Waals surface area contributed by atoms with Crippen LogP contribution in [0.5, 0.6) is 0 Å². The highest BCUT2D eigenvalue weighted by atomic mass is 35.5. The van der Waals surface area contributed by atoms with Gasteiger partial charge in [0, 0.05) is 10.7 Å². The third-order valence-electron chi connectivity index (χ3n) is 4.91. The van der Waals surface area contributed by atoms with Crippen LogP contribution in [0, 0.1) is 12.7 Å². The maximum absolute atomic E-state index is 13.3. The van der Waals surface area contributed by atoms with Crippen LogP contribution in [0.2, 0.25) is 5.02 Å². The average molecular weight is 421 g/mol. The maximum Gasteiger partial charge on any atom is 0.278 e. The summed E-state index contributed by atoms with van der Waals surface area (Å²) in [6, 6.07) is 20.1. The number of hydrogen-bond donors (Lipinski definition) is 1.